The SMILES string of the molecule is Cc1c(Cl)cnn1CC(O)(CN)C1CC1. The second kappa shape index (κ2) is 3.77. The molecule has 1 heterocycles. The van der Waals surface area contributed by atoms with E-state index in [1.165, 1.54) is 0 Å². The monoisotopic (exact) mass is 229 g/mol. The number of aliphatic hydroxyl groups is 1. The number of hydrogen-bond acceptors (Lipinski definition) is 3. The van der Waals surface area contributed by atoms with Crippen LogP contribution in [0.2, 0.25) is 5.02 Å². The highest BCUT2D eigenvalue weighted by atomic mass is 35.5. The minimum Gasteiger partial charge on any atom is -0.386 e. The second-order valence-electron chi connectivity index (χ2n) is 4.32. The third kappa shape index (κ3) is 2.02. The Bertz CT molecular complexity index is 362. The van der Waals surface area contributed by atoms with Gasteiger partial charge in [0.25, 0.3) is 0 Å². The van der Waals surface area contributed by atoms with Gasteiger partial charge in [-0.2, -0.15) is 5.10 Å². The summed E-state index contributed by atoms with van der Waals surface area (Å²) >= 11 is 5.90. The average molecular weight is 230 g/mol. The Balaban J connectivity index is 2.16. The van der Waals surface area contributed by atoms with E-state index >= 15 is 0 Å². The molecule has 1 aliphatic carbocycles. The molecule has 1 atom stereocenters. The first kappa shape index (κ1) is 10.9. The van der Waals surface area contributed by atoms with Crippen LogP contribution in [0.3, 0.4) is 0 Å². The van der Waals surface area contributed by atoms with E-state index in [1.54, 1.807) is 10.9 Å². The zero-order valence-electron chi connectivity index (χ0n) is 8.78. The van der Waals surface area contributed by atoms with Gasteiger partial charge in [-0.3, -0.25) is 4.68 Å². The molecule has 5 heteroatoms. The van der Waals surface area contributed by atoms with Crippen molar-refractivity contribution in [3.63, 3.8) is 0 Å². The molecule has 1 saturated carbocycles. The molecule has 1 fully saturated rings. The van der Waals surface area contributed by atoms with E-state index < -0.39 is 5.60 Å². The van der Waals surface area contributed by atoms with Crippen LogP contribution in [0.4, 0.5) is 0 Å². The maximum absolute atomic E-state index is 10.3. The van der Waals surface area contributed by atoms with Gasteiger partial charge in [-0.25, -0.2) is 0 Å². The lowest BCUT2D eigenvalue weighted by atomic mass is 9.98. The number of aromatic nitrogens is 2. The number of halogens is 1. The summed E-state index contributed by atoms with van der Waals surface area (Å²) in [5.74, 6) is 0.324. The Kier molecular flexibility index (Phi) is 2.75. The highest BCUT2D eigenvalue weighted by Crippen LogP contribution is 2.40. The molecule has 0 bridgehead atoms. The quantitative estimate of drug-likeness (QED) is 0.808. The van der Waals surface area contributed by atoms with Gasteiger partial charge >= 0.3 is 0 Å². The summed E-state index contributed by atoms with van der Waals surface area (Å²) in [7, 11) is 0. The predicted molar refractivity (Wildman–Crippen MR) is 58.7 cm³/mol. The van der Waals surface area contributed by atoms with Crippen molar-refractivity contribution < 1.29 is 5.11 Å². The Morgan fingerprint density at radius 2 is 2.40 bits per heavy atom. The number of nitrogens with zero attached hydrogens (tertiary/aromatic N) is 2. The zero-order valence-corrected chi connectivity index (χ0v) is 9.54. The summed E-state index contributed by atoms with van der Waals surface area (Å²) in [6.07, 6.45) is 3.71. The van der Waals surface area contributed by atoms with Crippen molar-refractivity contribution in [1.82, 2.24) is 9.78 Å². The summed E-state index contributed by atoms with van der Waals surface area (Å²) in [5.41, 5.74) is 5.69. The largest absolute Gasteiger partial charge is 0.386 e. The minimum absolute atomic E-state index is 0.272. The van der Waals surface area contributed by atoms with E-state index in [9.17, 15) is 5.11 Å². The van der Waals surface area contributed by atoms with Crippen LogP contribution in [0.25, 0.3) is 0 Å². The molecule has 1 aromatic heterocycles. The van der Waals surface area contributed by atoms with E-state index in [0.717, 1.165) is 18.5 Å². The molecule has 0 spiro atoms. The molecular formula is C10H16ClN3O. The molecule has 0 amide bonds. The molecule has 0 saturated heterocycles. The molecule has 0 aromatic carbocycles. The predicted octanol–water partition coefficient (Wildman–Crippen LogP) is 0.945. The fourth-order valence-corrected chi connectivity index (χ4v) is 1.96. The van der Waals surface area contributed by atoms with Gasteiger partial charge in [0.1, 0.15) is 0 Å². The summed E-state index contributed by atoms with van der Waals surface area (Å²) < 4.78 is 1.73. The molecule has 15 heavy (non-hydrogen) atoms. The van der Waals surface area contributed by atoms with Gasteiger partial charge in [0.05, 0.1) is 29.1 Å². The van der Waals surface area contributed by atoms with E-state index in [-0.39, 0.29) is 6.54 Å². The van der Waals surface area contributed by atoms with Crippen molar-refractivity contribution in [3.05, 3.63) is 16.9 Å². The number of nitrogens with two attached hydrogens (primary N) is 1. The van der Waals surface area contributed by atoms with E-state index in [2.05, 4.69) is 5.10 Å². The third-order valence-electron chi connectivity index (χ3n) is 3.16. The summed E-state index contributed by atoms with van der Waals surface area (Å²) in [4.78, 5) is 0. The van der Waals surface area contributed by atoms with Crippen molar-refractivity contribution >= 4 is 11.6 Å². The normalized spacial score (nSPS) is 20.3. The van der Waals surface area contributed by atoms with Crippen LogP contribution in [0.1, 0.15) is 18.5 Å². The standard InChI is InChI=1S/C10H16ClN3O/c1-7-9(11)4-13-14(7)6-10(15,5-12)8-2-3-8/h4,8,15H,2-3,5-6,12H2,1H3. The Morgan fingerprint density at radius 3 is 2.80 bits per heavy atom. The molecule has 0 radical (unpaired) electrons. The van der Waals surface area contributed by atoms with Gasteiger partial charge in [-0.05, 0) is 25.7 Å². The number of hydrogen-bond donors (Lipinski definition) is 2. The Morgan fingerprint density at radius 1 is 1.73 bits per heavy atom. The van der Waals surface area contributed by atoms with Crippen molar-refractivity contribution in [1.29, 1.82) is 0 Å². The van der Waals surface area contributed by atoms with Crippen LogP contribution in [0, 0.1) is 12.8 Å². The molecule has 3 N–H and O–H groups in total. The molecular weight excluding hydrogens is 214 g/mol. The lowest BCUT2D eigenvalue weighted by Gasteiger charge is -2.26. The maximum atomic E-state index is 10.3. The minimum atomic E-state index is -0.819. The first-order valence-corrected chi connectivity index (χ1v) is 5.55. The Hall–Kier alpha value is -0.580. The molecule has 1 aromatic rings. The average Bonchev–Trinajstić information content (AvgIpc) is 3.02. The van der Waals surface area contributed by atoms with E-state index in [4.69, 9.17) is 17.3 Å². The van der Waals surface area contributed by atoms with Crippen LogP contribution < -0.4 is 5.73 Å². The van der Waals surface area contributed by atoms with Gasteiger partial charge in [0.15, 0.2) is 0 Å². The van der Waals surface area contributed by atoms with Crippen LogP contribution in [-0.2, 0) is 6.54 Å². The van der Waals surface area contributed by atoms with Crippen molar-refractivity contribution in [3.8, 4) is 0 Å². The first-order chi connectivity index (χ1) is 7.07. The van der Waals surface area contributed by atoms with Crippen molar-refractivity contribution in [2.24, 2.45) is 11.7 Å². The molecule has 2 rings (SSSR count). The summed E-state index contributed by atoms with van der Waals surface area (Å²) in [6, 6.07) is 0. The van der Waals surface area contributed by atoms with E-state index in [0.29, 0.717) is 17.5 Å². The molecule has 84 valence electrons. The first-order valence-electron chi connectivity index (χ1n) is 5.17. The van der Waals surface area contributed by atoms with Crippen molar-refractivity contribution in [2.45, 2.75) is 31.9 Å². The zero-order chi connectivity index (χ0) is 11.1. The highest BCUT2D eigenvalue weighted by Gasteiger charge is 2.43. The lowest BCUT2D eigenvalue weighted by molar-refractivity contribution is 0.00573. The fraction of sp³-hybridized carbons (Fsp3) is 0.700. The van der Waals surface area contributed by atoms with Crippen LogP contribution >= 0.6 is 11.6 Å². The fourth-order valence-electron chi connectivity index (χ4n) is 1.82. The van der Waals surface area contributed by atoms with Gasteiger partial charge in [-0.15, -0.1) is 0 Å². The molecule has 4 nitrogen and oxygen atoms in total. The third-order valence-corrected chi connectivity index (χ3v) is 3.53. The topological polar surface area (TPSA) is 64.1 Å². The summed E-state index contributed by atoms with van der Waals surface area (Å²) in [5, 5.41) is 15.1. The van der Waals surface area contributed by atoms with Crippen LogP contribution in [-0.4, -0.2) is 27.0 Å². The molecule has 0 aliphatic heterocycles. The van der Waals surface area contributed by atoms with E-state index in [1.807, 2.05) is 6.92 Å². The van der Waals surface area contributed by atoms with Crippen LogP contribution in [0.5, 0.6) is 0 Å². The highest BCUT2D eigenvalue weighted by molar-refractivity contribution is 6.31. The van der Waals surface area contributed by atoms with Gasteiger partial charge < -0.3 is 10.8 Å². The van der Waals surface area contributed by atoms with Crippen LogP contribution in [0.15, 0.2) is 6.20 Å². The Labute approximate surface area is 94.0 Å². The van der Waals surface area contributed by atoms with Gasteiger partial charge in [0.2, 0.25) is 0 Å². The molecule has 1 aliphatic rings. The molecule has 1 unspecified atom stereocenters. The maximum Gasteiger partial charge on any atom is 0.0992 e. The summed E-state index contributed by atoms with van der Waals surface area (Å²) in [6.45, 7) is 2.60. The van der Waals surface area contributed by atoms with Gasteiger partial charge in [0, 0.05) is 6.54 Å². The second-order valence-corrected chi connectivity index (χ2v) is 4.72. The van der Waals surface area contributed by atoms with Crippen molar-refractivity contribution in [2.75, 3.05) is 6.54 Å². The smallest absolute Gasteiger partial charge is 0.0992 e. The number of rotatable bonds is 4. The van der Waals surface area contributed by atoms with Gasteiger partial charge in [-0.1, -0.05) is 11.6 Å². The lowest BCUT2D eigenvalue weighted by Crippen LogP contribution is -2.44.